The van der Waals surface area contributed by atoms with E-state index in [2.05, 4.69) is 21.0 Å². The van der Waals surface area contributed by atoms with Crippen molar-refractivity contribution in [1.82, 2.24) is 9.78 Å². The van der Waals surface area contributed by atoms with Crippen LogP contribution in [0.5, 0.6) is 0 Å². The molecule has 0 aliphatic carbocycles. The molecule has 7 heteroatoms. The zero-order valence-electron chi connectivity index (χ0n) is 10.2. The van der Waals surface area contributed by atoms with Crippen molar-refractivity contribution in [3.8, 4) is 5.69 Å². The highest BCUT2D eigenvalue weighted by molar-refractivity contribution is 9.10. The molecule has 100 valence electrons. The fourth-order valence-electron chi connectivity index (χ4n) is 1.78. The van der Waals surface area contributed by atoms with Crippen LogP contribution in [0.2, 0.25) is 0 Å². The van der Waals surface area contributed by atoms with Crippen molar-refractivity contribution in [2.24, 2.45) is 0 Å². The molecular formula is C12H12BrN3O3. The van der Waals surface area contributed by atoms with Gasteiger partial charge in [0.25, 0.3) is 11.2 Å². The maximum absolute atomic E-state index is 12.0. The van der Waals surface area contributed by atoms with Gasteiger partial charge in [0.2, 0.25) is 0 Å². The first-order valence-corrected chi connectivity index (χ1v) is 6.58. The van der Waals surface area contributed by atoms with Crippen molar-refractivity contribution in [2.75, 3.05) is 0 Å². The van der Waals surface area contributed by atoms with Crippen LogP contribution in [0.1, 0.15) is 19.0 Å². The molecule has 1 aromatic heterocycles. The summed E-state index contributed by atoms with van der Waals surface area (Å²) in [5.74, 6) is 0. The summed E-state index contributed by atoms with van der Waals surface area (Å²) in [7, 11) is 0. The molecule has 1 N–H and O–H groups in total. The number of halogens is 1. The zero-order valence-corrected chi connectivity index (χ0v) is 11.8. The number of nitrogens with one attached hydrogen (secondary N) is 1. The smallest absolute Gasteiger partial charge is 0.285 e. The van der Waals surface area contributed by atoms with E-state index in [1.54, 1.807) is 0 Å². The molecule has 0 spiro atoms. The van der Waals surface area contributed by atoms with Crippen molar-refractivity contribution in [3.05, 3.63) is 54.9 Å². The Hall–Kier alpha value is -1.89. The Balaban J connectivity index is 2.44. The number of nitro groups is 1. The van der Waals surface area contributed by atoms with Crippen molar-refractivity contribution >= 4 is 21.6 Å². The summed E-state index contributed by atoms with van der Waals surface area (Å²) >= 11 is 3.26. The van der Waals surface area contributed by atoms with Crippen LogP contribution < -0.4 is 5.56 Å². The van der Waals surface area contributed by atoms with Crippen LogP contribution in [0.15, 0.2) is 33.5 Å². The summed E-state index contributed by atoms with van der Waals surface area (Å²) in [6.45, 7) is 2.02. The molecule has 0 amide bonds. The van der Waals surface area contributed by atoms with Gasteiger partial charge >= 0.3 is 0 Å². The summed E-state index contributed by atoms with van der Waals surface area (Å²) in [5, 5.41) is 13.6. The average Bonchev–Trinajstić information content (AvgIpc) is 2.68. The molecule has 2 rings (SSSR count). The molecule has 0 aliphatic rings. The molecule has 1 heterocycles. The lowest BCUT2D eigenvalue weighted by Crippen LogP contribution is -2.14. The third-order valence-corrected chi connectivity index (χ3v) is 3.54. The molecule has 0 atom stereocenters. The van der Waals surface area contributed by atoms with Crippen molar-refractivity contribution in [3.63, 3.8) is 0 Å². The molecule has 0 saturated heterocycles. The van der Waals surface area contributed by atoms with E-state index in [1.165, 1.54) is 28.9 Å². The van der Waals surface area contributed by atoms with Crippen molar-refractivity contribution < 1.29 is 4.92 Å². The molecular weight excluding hydrogens is 314 g/mol. The van der Waals surface area contributed by atoms with E-state index in [0.29, 0.717) is 10.2 Å². The first kappa shape index (κ1) is 13.5. The number of benzene rings is 1. The number of hydrogen-bond acceptors (Lipinski definition) is 3. The highest BCUT2D eigenvalue weighted by atomic mass is 79.9. The fourth-order valence-corrected chi connectivity index (χ4v) is 2.25. The molecule has 0 aliphatic heterocycles. The standard InChI is InChI=1S/C12H12BrN3O3/c1-2-3-10-11(13)12(17)15(14-10)8-4-6-9(7-5-8)16(18)19/h4-7,14H,2-3H2,1H3. The average molecular weight is 326 g/mol. The first-order chi connectivity index (χ1) is 9.04. The topological polar surface area (TPSA) is 80.9 Å². The van der Waals surface area contributed by atoms with Crippen LogP contribution in [-0.4, -0.2) is 14.7 Å². The minimum absolute atomic E-state index is 0.00352. The van der Waals surface area contributed by atoms with Crippen LogP contribution in [-0.2, 0) is 6.42 Å². The van der Waals surface area contributed by atoms with E-state index >= 15 is 0 Å². The van der Waals surface area contributed by atoms with Crippen molar-refractivity contribution in [1.29, 1.82) is 0 Å². The lowest BCUT2D eigenvalue weighted by atomic mass is 10.3. The molecule has 19 heavy (non-hydrogen) atoms. The number of non-ortho nitro benzene ring substituents is 1. The van der Waals surface area contributed by atoms with E-state index in [-0.39, 0.29) is 11.2 Å². The Labute approximate surface area is 117 Å². The molecule has 0 bridgehead atoms. The number of nitrogens with zero attached hydrogens (tertiary/aromatic N) is 2. The van der Waals surface area contributed by atoms with Gasteiger partial charge in [0.05, 0.1) is 16.3 Å². The molecule has 6 nitrogen and oxygen atoms in total. The van der Waals surface area contributed by atoms with E-state index in [1.807, 2.05) is 6.92 Å². The van der Waals surface area contributed by atoms with Gasteiger partial charge < -0.3 is 0 Å². The lowest BCUT2D eigenvalue weighted by molar-refractivity contribution is -0.384. The maximum Gasteiger partial charge on any atom is 0.285 e. The maximum atomic E-state index is 12.0. The molecule has 2 aromatic rings. The summed E-state index contributed by atoms with van der Waals surface area (Å²) in [6, 6.07) is 5.82. The molecule has 0 fully saturated rings. The molecule has 1 aromatic carbocycles. The van der Waals surface area contributed by atoms with Gasteiger partial charge in [-0.2, -0.15) is 0 Å². The normalized spacial score (nSPS) is 10.6. The van der Waals surface area contributed by atoms with Gasteiger partial charge in [-0.05, 0) is 34.5 Å². The Morgan fingerprint density at radius 3 is 2.53 bits per heavy atom. The Kier molecular flexibility index (Phi) is 3.84. The third-order valence-electron chi connectivity index (χ3n) is 2.72. The van der Waals surface area contributed by atoms with Crippen LogP contribution in [0.3, 0.4) is 0 Å². The van der Waals surface area contributed by atoms with Gasteiger partial charge in [-0.25, -0.2) is 4.68 Å². The lowest BCUT2D eigenvalue weighted by Gasteiger charge is -2.01. The van der Waals surface area contributed by atoms with Crippen LogP contribution in [0, 0.1) is 10.1 Å². The fraction of sp³-hybridized carbons (Fsp3) is 0.250. The van der Waals surface area contributed by atoms with Gasteiger partial charge in [-0.1, -0.05) is 13.3 Å². The second-order valence-electron chi connectivity index (χ2n) is 4.07. The number of aromatic nitrogens is 2. The van der Waals surface area contributed by atoms with Gasteiger partial charge in [0.15, 0.2) is 0 Å². The quantitative estimate of drug-likeness (QED) is 0.693. The largest absolute Gasteiger partial charge is 0.294 e. The van der Waals surface area contributed by atoms with E-state index in [4.69, 9.17) is 0 Å². The van der Waals surface area contributed by atoms with Gasteiger partial charge in [-0.15, -0.1) is 0 Å². The Bertz CT molecular complexity index is 658. The minimum Gasteiger partial charge on any atom is -0.294 e. The third kappa shape index (κ3) is 2.60. The van der Waals surface area contributed by atoms with E-state index in [0.717, 1.165) is 18.5 Å². The van der Waals surface area contributed by atoms with E-state index in [9.17, 15) is 14.9 Å². The second kappa shape index (κ2) is 5.40. The Morgan fingerprint density at radius 2 is 2.00 bits per heavy atom. The summed E-state index contributed by atoms with van der Waals surface area (Å²) < 4.78 is 1.88. The van der Waals surface area contributed by atoms with Gasteiger partial charge in [-0.3, -0.25) is 20.0 Å². The van der Waals surface area contributed by atoms with Crippen LogP contribution >= 0.6 is 15.9 Å². The summed E-state index contributed by atoms with van der Waals surface area (Å²) in [4.78, 5) is 22.1. The number of nitro benzene ring substituents is 1. The first-order valence-electron chi connectivity index (χ1n) is 5.78. The van der Waals surface area contributed by atoms with Crippen LogP contribution in [0.25, 0.3) is 5.69 Å². The summed E-state index contributed by atoms with van der Waals surface area (Å²) in [5.41, 5.74) is 1.19. The monoisotopic (exact) mass is 325 g/mol. The predicted octanol–water partition coefficient (Wildman–Crippen LogP) is 2.79. The predicted molar refractivity (Wildman–Crippen MR) is 74.7 cm³/mol. The van der Waals surface area contributed by atoms with Crippen LogP contribution in [0.4, 0.5) is 5.69 Å². The van der Waals surface area contributed by atoms with E-state index < -0.39 is 4.92 Å². The second-order valence-corrected chi connectivity index (χ2v) is 4.86. The highest BCUT2D eigenvalue weighted by Gasteiger charge is 2.13. The van der Waals surface area contributed by atoms with Crippen molar-refractivity contribution in [2.45, 2.75) is 19.8 Å². The Morgan fingerprint density at radius 1 is 1.37 bits per heavy atom. The number of H-pyrrole nitrogens is 1. The minimum atomic E-state index is -0.473. The SMILES string of the molecule is CCCc1[nH]n(-c2ccc([N+](=O)[O-])cc2)c(=O)c1Br. The molecule has 0 radical (unpaired) electrons. The number of hydrogen-bond donors (Lipinski definition) is 1. The van der Waals surface area contributed by atoms with Gasteiger partial charge in [0, 0.05) is 12.1 Å². The van der Waals surface area contributed by atoms with Gasteiger partial charge in [0.1, 0.15) is 4.47 Å². The number of aryl methyl sites for hydroxylation is 1. The number of aromatic amines is 1. The molecule has 0 saturated carbocycles. The highest BCUT2D eigenvalue weighted by Crippen LogP contribution is 2.17. The number of rotatable bonds is 4. The molecule has 0 unspecified atom stereocenters. The summed E-state index contributed by atoms with van der Waals surface area (Å²) in [6.07, 6.45) is 1.68. The zero-order chi connectivity index (χ0) is 14.0.